The Morgan fingerprint density at radius 2 is 1.86 bits per heavy atom. The van der Waals surface area contributed by atoms with Crippen molar-refractivity contribution in [3.8, 4) is 11.5 Å². The van der Waals surface area contributed by atoms with Gasteiger partial charge in [0, 0.05) is 31.7 Å². The van der Waals surface area contributed by atoms with Crippen molar-refractivity contribution in [1.29, 1.82) is 0 Å². The van der Waals surface area contributed by atoms with Crippen LogP contribution in [0.5, 0.6) is 11.5 Å². The number of nitrogens with zero attached hydrogens (tertiary/aromatic N) is 1. The molecular formula is C16H21NO4S. The van der Waals surface area contributed by atoms with E-state index in [0.29, 0.717) is 30.2 Å². The number of carbonyl (C=O) groups excluding carboxylic acids is 1. The highest BCUT2D eigenvalue weighted by Crippen LogP contribution is 2.42. The Kier molecular flexibility index (Phi) is 4.49. The predicted octanol–water partition coefficient (Wildman–Crippen LogP) is 2.40. The first-order valence-electron chi connectivity index (χ1n) is 7.47. The molecule has 22 heavy (non-hydrogen) atoms. The first-order chi connectivity index (χ1) is 10.7. The number of hydrogen-bond donors (Lipinski definition) is 0. The Bertz CT molecular complexity index is 525. The highest BCUT2D eigenvalue weighted by Gasteiger charge is 2.40. The third kappa shape index (κ3) is 2.77. The minimum Gasteiger partial charge on any atom is -0.496 e. The molecule has 0 atom stereocenters. The molecule has 2 heterocycles. The van der Waals surface area contributed by atoms with Gasteiger partial charge in [-0.2, -0.15) is 0 Å². The van der Waals surface area contributed by atoms with Crippen LogP contribution in [0.15, 0.2) is 18.2 Å². The topological polar surface area (TPSA) is 48.0 Å². The van der Waals surface area contributed by atoms with Gasteiger partial charge in [-0.3, -0.25) is 4.79 Å². The average molecular weight is 323 g/mol. The maximum absolute atomic E-state index is 12.9. The molecule has 0 N–H and O–H groups in total. The Hall–Kier alpha value is -1.40. The number of amides is 1. The normalized spacial score (nSPS) is 20.2. The fourth-order valence-electron chi connectivity index (χ4n) is 3.06. The Morgan fingerprint density at radius 1 is 1.23 bits per heavy atom. The van der Waals surface area contributed by atoms with Crippen LogP contribution in [-0.2, 0) is 4.74 Å². The third-order valence-corrected chi connectivity index (χ3v) is 5.69. The third-order valence-electron chi connectivity index (χ3n) is 4.27. The van der Waals surface area contributed by atoms with Crippen molar-refractivity contribution in [3.05, 3.63) is 23.8 Å². The second-order valence-electron chi connectivity index (χ2n) is 5.44. The van der Waals surface area contributed by atoms with E-state index in [4.69, 9.17) is 14.2 Å². The molecule has 0 bridgehead atoms. The number of benzene rings is 1. The van der Waals surface area contributed by atoms with Crippen molar-refractivity contribution in [2.75, 3.05) is 39.7 Å². The van der Waals surface area contributed by atoms with E-state index >= 15 is 0 Å². The van der Waals surface area contributed by atoms with Crippen molar-refractivity contribution in [2.24, 2.45) is 0 Å². The summed E-state index contributed by atoms with van der Waals surface area (Å²) in [4.78, 5) is 14.7. The monoisotopic (exact) mass is 323 g/mol. The van der Waals surface area contributed by atoms with Gasteiger partial charge in [-0.1, -0.05) is 6.07 Å². The summed E-state index contributed by atoms with van der Waals surface area (Å²) in [5, 5.41) is 0. The lowest BCUT2D eigenvalue weighted by molar-refractivity contribution is 0.00339. The van der Waals surface area contributed by atoms with Gasteiger partial charge in [-0.25, -0.2) is 0 Å². The lowest BCUT2D eigenvalue weighted by Gasteiger charge is -2.38. The van der Waals surface area contributed by atoms with Crippen molar-refractivity contribution >= 4 is 17.7 Å². The van der Waals surface area contributed by atoms with E-state index in [0.717, 1.165) is 25.2 Å². The first kappa shape index (κ1) is 15.5. The van der Waals surface area contributed by atoms with E-state index in [2.05, 4.69) is 0 Å². The van der Waals surface area contributed by atoms with E-state index in [1.165, 1.54) is 0 Å². The summed E-state index contributed by atoms with van der Waals surface area (Å²) in [5.74, 6) is 2.12. The molecular weight excluding hydrogens is 302 g/mol. The summed E-state index contributed by atoms with van der Waals surface area (Å²) in [7, 11) is 3.14. The minimum atomic E-state index is -0.0678. The highest BCUT2D eigenvalue weighted by atomic mass is 32.2. The van der Waals surface area contributed by atoms with E-state index in [1.807, 2.05) is 22.7 Å². The molecule has 2 saturated heterocycles. The maximum atomic E-state index is 12.9. The molecule has 3 rings (SSSR count). The lowest BCUT2D eigenvalue weighted by Crippen LogP contribution is -2.45. The molecule has 2 aliphatic rings. The maximum Gasteiger partial charge on any atom is 0.261 e. The first-order valence-corrected chi connectivity index (χ1v) is 8.46. The van der Waals surface area contributed by atoms with Crippen LogP contribution >= 0.6 is 11.8 Å². The molecule has 1 aromatic rings. The smallest absolute Gasteiger partial charge is 0.261 e. The van der Waals surface area contributed by atoms with E-state index < -0.39 is 0 Å². The van der Waals surface area contributed by atoms with Crippen LogP contribution in [-0.4, -0.2) is 55.4 Å². The van der Waals surface area contributed by atoms with E-state index in [1.54, 1.807) is 26.4 Å². The molecule has 0 aromatic heterocycles. The molecule has 0 saturated carbocycles. The zero-order valence-electron chi connectivity index (χ0n) is 13.0. The summed E-state index contributed by atoms with van der Waals surface area (Å²) < 4.78 is 16.6. The number of piperidine rings is 1. The second kappa shape index (κ2) is 6.38. The molecule has 2 aliphatic heterocycles. The van der Waals surface area contributed by atoms with Crippen molar-refractivity contribution < 1.29 is 19.0 Å². The van der Waals surface area contributed by atoms with Crippen LogP contribution in [0.25, 0.3) is 0 Å². The van der Waals surface area contributed by atoms with Crippen molar-refractivity contribution in [1.82, 2.24) is 4.90 Å². The van der Waals surface area contributed by atoms with Gasteiger partial charge in [0.25, 0.3) is 5.91 Å². The van der Waals surface area contributed by atoms with Gasteiger partial charge < -0.3 is 19.1 Å². The molecule has 0 unspecified atom stereocenters. The fraction of sp³-hybridized carbons (Fsp3) is 0.562. The summed E-state index contributed by atoms with van der Waals surface area (Å²) >= 11 is 1.88. The van der Waals surface area contributed by atoms with Crippen LogP contribution < -0.4 is 9.47 Å². The zero-order chi connectivity index (χ0) is 15.6. The lowest BCUT2D eigenvalue weighted by atomic mass is 10.0. The standard InChI is InChI=1S/C16H21NO4S/c1-19-12-4-3-5-13(20-2)14(12)15(18)17-8-6-16(7-9-17)21-10-11-22-16/h3-5H,6-11H2,1-2H3. The van der Waals surface area contributed by atoms with Crippen LogP contribution in [0.3, 0.4) is 0 Å². The molecule has 1 aromatic carbocycles. The Labute approximate surface area is 134 Å². The summed E-state index contributed by atoms with van der Waals surface area (Å²) in [6.07, 6.45) is 1.75. The van der Waals surface area contributed by atoms with Crippen LogP contribution in [0, 0.1) is 0 Å². The van der Waals surface area contributed by atoms with Crippen LogP contribution in [0.2, 0.25) is 0 Å². The number of thioether (sulfide) groups is 1. The average Bonchev–Trinajstić information content (AvgIpc) is 3.02. The molecule has 0 radical (unpaired) electrons. The largest absolute Gasteiger partial charge is 0.496 e. The number of carbonyl (C=O) groups is 1. The molecule has 1 spiro atoms. The molecule has 2 fully saturated rings. The molecule has 5 nitrogen and oxygen atoms in total. The number of likely N-dealkylation sites (tertiary alicyclic amines) is 1. The summed E-state index contributed by atoms with van der Waals surface area (Å²) in [6.45, 7) is 2.22. The van der Waals surface area contributed by atoms with Gasteiger partial charge in [-0.05, 0) is 12.1 Å². The predicted molar refractivity (Wildman–Crippen MR) is 85.8 cm³/mol. The minimum absolute atomic E-state index is 0.0350. The van der Waals surface area contributed by atoms with Gasteiger partial charge in [0.1, 0.15) is 22.0 Å². The molecule has 1 amide bonds. The van der Waals surface area contributed by atoms with Crippen LogP contribution in [0.4, 0.5) is 0 Å². The van der Waals surface area contributed by atoms with Gasteiger partial charge in [-0.15, -0.1) is 11.8 Å². The van der Waals surface area contributed by atoms with E-state index in [-0.39, 0.29) is 10.8 Å². The molecule has 6 heteroatoms. The zero-order valence-corrected chi connectivity index (χ0v) is 13.8. The Morgan fingerprint density at radius 3 is 2.36 bits per heavy atom. The molecule has 120 valence electrons. The fourth-order valence-corrected chi connectivity index (χ4v) is 4.23. The number of methoxy groups -OCH3 is 2. The quantitative estimate of drug-likeness (QED) is 0.855. The number of rotatable bonds is 3. The van der Waals surface area contributed by atoms with Gasteiger partial charge in [0.2, 0.25) is 0 Å². The van der Waals surface area contributed by atoms with Gasteiger partial charge in [0.15, 0.2) is 0 Å². The van der Waals surface area contributed by atoms with Crippen molar-refractivity contribution in [2.45, 2.75) is 17.8 Å². The van der Waals surface area contributed by atoms with Gasteiger partial charge in [0.05, 0.1) is 20.8 Å². The number of hydrogen-bond acceptors (Lipinski definition) is 5. The van der Waals surface area contributed by atoms with E-state index in [9.17, 15) is 4.79 Å². The number of ether oxygens (including phenoxy) is 3. The Balaban J connectivity index is 1.78. The van der Waals surface area contributed by atoms with Crippen molar-refractivity contribution in [3.63, 3.8) is 0 Å². The molecule has 0 aliphatic carbocycles. The van der Waals surface area contributed by atoms with Crippen LogP contribution in [0.1, 0.15) is 23.2 Å². The SMILES string of the molecule is COc1cccc(OC)c1C(=O)N1CCC2(CC1)OCCS2. The van der Waals surface area contributed by atoms with Gasteiger partial charge >= 0.3 is 0 Å². The highest BCUT2D eigenvalue weighted by molar-refractivity contribution is 8.00. The summed E-state index contributed by atoms with van der Waals surface area (Å²) in [5.41, 5.74) is 0.503. The second-order valence-corrected chi connectivity index (χ2v) is 6.88. The summed E-state index contributed by atoms with van der Waals surface area (Å²) in [6, 6.07) is 5.40.